The summed E-state index contributed by atoms with van der Waals surface area (Å²) in [6.07, 6.45) is -0.324. The fraction of sp³-hybridized carbons (Fsp3) is 0.750. The highest BCUT2D eigenvalue weighted by Crippen LogP contribution is 2.30. The minimum Gasteiger partial charge on any atom is -0.303 e. The lowest BCUT2D eigenvalue weighted by molar-refractivity contribution is 0.157. The predicted molar refractivity (Wildman–Crippen MR) is 49.4 cm³/mol. The van der Waals surface area contributed by atoms with Gasteiger partial charge in [-0.1, -0.05) is 0 Å². The van der Waals surface area contributed by atoms with Crippen LogP contribution in [0.15, 0.2) is 0 Å². The molecule has 2 aliphatic heterocycles. The maximum atomic E-state index is 11.6. The molecule has 6 nitrogen and oxygen atoms in total. The first-order valence-electron chi connectivity index (χ1n) is 4.46. The number of rotatable bonds is 0. The molecular formula is C8H14N4O2. The van der Waals surface area contributed by atoms with Crippen LogP contribution in [0.2, 0.25) is 0 Å². The van der Waals surface area contributed by atoms with Gasteiger partial charge in [-0.15, -0.1) is 0 Å². The summed E-state index contributed by atoms with van der Waals surface area (Å²) in [5.74, 6) is 0. The Morgan fingerprint density at radius 1 is 0.714 bits per heavy atom. The summed E-state index contributed by atoms with van der Waals surface area (Å²) >= 11 is 0. The summed E-state index contributed by atoms with van der Waals surface area (Å²) < 4.78 is 0. The number of amides is 4. The van der Waals surface area contributed by atoms with Crippen molar-refractivity contribution in [2.24, 2.45) is 0 Å². The van der Waals surface area contributed by atoms with E-state index in [4.69, 9.17) is 0 Å². The third kappa shape index (κ3) is 0.804. The average Bonchev–Trinajstić information content (AvgIpc) is 2.51. The lowest BCUT2D eigenvalue weighted by Gasteiger charge is -2.22. The molecule has 0 aromatic rings. The van der Waals surface area contributed by atoms with Crippen LogP contribution >= 0.6 is 0 Å². The highest BCUT2D eigenvalue weighted by atomic mass is 16.2. The molecule has 0 aromatic heterocycles. The summed E-state index contributed by atoms with van der Waals surface area (Å²) in [4.78, 5) is 29.6. The molecule has 2 heterocycles. The fourth-order valence-corrected chi connectivity index (χ4v) is 2.27. The molecule has 2 rings (SSSR count). The lowest BCUT2D eigenvalue weighted by atomic mass is 10.4. The van der Waals surface area contributed by atoms with Gasteiger partial charge < -0.3 is 19.6 Å². The van der Waals surface area contributed by atoms with E-state index in [1.807, 2.05) is 0 Å². The Hall–Kier alpha value is -1.46. The summed E-state index contributed by atoms with van der Waals surface area (Å²) in [6, 6.07) is -0.0996. The number of urea groups is 2. The van der Waals surface area contributed by atoms with E-state index in [2.05, 4.69) is 0 Å². The van der Waals surface area contributed by atoms with Crippen LogP contribution in [0.4, 0.5) is 9.59 Å². The van der Waals surface area contributed by atoms with E-state index in [1.165, 1.54) is 0 Å². The molecular weight excluding hydrogens is 184 g/mol. The summed E-state index contributed by atoms with van der Waals surface area (Å²) in [6.45, 7) is 0. The zero-order valence-corrected chi connectivity index (χ0v) is 8.76. The van der Waals surface area contributed by atoms with Gasteiger partial charge in [0, 0.05) is 28.2 Å². The van der Waals surface area contributed by atoms with Crippen molar-refractivity contribution in [1.82, 2.24) is 19.6 Å². The SMILES string of the molecule is CN1C(=O)N(C)[C@H]2[C@@H]1N(C)C(=O)N2C. The van der Waals surface area contributed by atoms with Gasteiger partial charge in [0.1, 0.15) is 12.3 Å². The largest absolute Gasteiger partial charge is 0.323 e. The summed E-state index contributed by atoms with van der Waals surface area (Å²) in [5, 5.41) is 0. The Kier molecular flexibility index (Phi) is 1.64. The van der Waals surface area contributed by atoms with Crippen molar-refractivity contribution < 1.29 is 9.59 Å². The molecule has 0 aromatic carbocycles. The molecule has 0 atom stereocenters. The minimum atomic E-state index is -0.162. The molecule has 0 spiro atoms. The van der Waals surface area contributed by atoms with E-state index < -0.39 is 0 Å². The van der Waals surface area contributed by atoms with Gasteiger partial charge in [0.15, 0.2) is 0 Å². The molecule has 0 unspecified atom stereocenters. The van der Waals surface area contributed by atoms with Gasteiger partial charge >= 0.3 is 12.1 Å². The molecule has 0 aliphatic carbocycles. The van der Waals surface area contributed by atoms with Crippen LogP contribution in [-0.2, 0) is 0 Å². The third-order valence-corrected chi connectivity index (χ3v) is 3.06. The Morgan fingerprint density at radius 2 is 0.929 bits per heavy atom. The number of carbonyl (C=O) groups excluding carboxylic acids is 2. The van der Waals surface area contributed by atoms with Crippen molar-refractivity contribution in [2.75, 3.05) is 28.2 Å². The van der Waals surface area contributed by atoms with Crippen molar-refractivity contribution >= 4 is 12.1 Å². The molecule has 0 saturated carbocycles. The Labute approximate surface area is 82.6 Å². The molecule has 2 saturated heterocycles. The van der Waals surface area contributed by atoms with E-state index in [-0.39, 0.29) is 24.4 Å². The van der Waals surface area contributed by atoms with Crippen LogP contribution < -0.4 is 0 Å². The van der Waals surface area contributed by atoms with E-state index in [0.717, 1.165) is 0 Å². The maximum Gasteiger partial charge on any atom is 0.323 e. The standard InChI is InChI=1S/C8H14N4O2/c1-9-5-6(11(3)7(9)13)12(4)8(14)10(5)2/h5-6H,1-4H3/t5-,6+. The minimum absolute atomic E-state index is 0.0498. The van der Waals surface area contributed by atoms with Crippen molar-refractivity contribution in [3.8, 4) is 0 Å². The topological polar surface area (TPSA) is 47.1 Å². The molecule has 0 radical (unpaired) electrons. The molecule has 14 heavy (non-hydrogen) atoms. The number of carbonyl (C=O) groups is 2. The van der Waals surface area contributed by atoms with E-state index in [9.17, 15) is 9.59 Å². The molecule has 6 heteroatoms. The van der Waals surface area contributed by atoms with Crippen LogP contribution in [0.3, 0.4) is 0 Å². The van der Waals surface area contributed by atoms with Crippen molar-refractivity contribution in [3.05, 3.63) is 0 Å². The predicted octanol–water partition coefficient (Wildman–Crippen LogP) is -0.367. The Balaban J connectivity index is 2.39. The van der Waals surface area contributed by atoms with Crippen LogP contribution in [0.25, 0.3) is 0 Å². The molecule has 0 N–H and O–H groups in total. The highest BCUT2D eigenvalue weighted by molar-refractivity contribution is 5.84. The van der Waals surface area contributed by atoms with E-state index in [1.54, 1.807) is 47.8 Å². The number of nitrogens with zero attached hydrogens (tertiary/aromatic N) is 4. The van der Waals surface area contributed by atoms with Gasteiger partial charge in [0.2, 0.25) is 0 Å². The van der Waals surface area contributed by atoms with Crippen LogP contribution in [0.5, 0.6) is 0 Å². The highest BCUT2D eigenvalue weighted by Gasteiger charge is 2.54. The molecule has 0 bridgehead atoms. The van der Waals surface area contributed by atoms with Crippen LogP contribution in [0, 0.1) is 0 Å². The van der Waals surface area contributed by atoms with Gasteiger partial charge in [0.05, 0.1) is 0 Å². The number of likely N-dealkylation sites (N-methyl/N-ethyl adjacent to an activating group) is 4. The normalized spacial score (nSPS) is 32.0. The number of hydrogen-bond donors (Lipinski definition) is 0. The van der Waals surface area contributed by atoms with Gasteiger partial charge in [-0.3, -0.25) is 0 Å². The third-order valence-electron chi connectivity index (χ3n) is 3.06. The second kappa shape index (κ2) is 2.52. The van der Waals surface area contributed by atoms with Crippen LogP contribution in [-0.4, -0.2) is 72.2 Å². The quantitative estimate of drug-likeness (QED) is 0.533. The smallest absolute Gasteiger partial charge is 0.303 e. The van der Waals surface area contributed by atoms with E-state index >= 15 is 0 Å². The molecule has 2 fully saturated rings. The Bertz CT molecular complexity index is 252. The first kappa shape index (κ1) is 9.11. The van der Waals surface area contributed by atoms with Crippen LogP contribution in [0.1, 0.15) is 0 Å². The maximum absolute atomic E-state index is 11.6. The molecule has 2 aliphatic rings. The zero-order valence-electron chi connectivity index (χ0n) is 8.76. The fourth-order valence-electron chi connectivity index (χ4n) is 2.27. The van der Waals surface area contributed by atoms with Gasteiger partial charge in [-0.25, -0.2) is 9.59 Å². The molecule has 4 amide bonds. The number of fused-ring (bicyclic) bond motifs is 1. The van der Waals surface area contributed by atoms with Gasteiger partial charge in [0.25, 0.3) is 0 Å². The second-order valence-electron chi connectivity index (χ2n) is 3.84. The van der Waals surface area contributed by atoms with Gasteiger partial charge in [-0.2, -0.15) is 0 Å². The van der Waals surface area contributed by atoms with Crippen molar-refractivity contribution in [3.63, 3.8) is 0 Å². The first-order valence-corrected chi connectivity index (χ1v) is 4.46. The van der Waals surface area contributed by atoms with E-state index in [0.29, 0.717) is 0 Å². The van der Waals surface area contributed by atoms with Crippen molar-refractivity contribution in [2.45, 2.75) is 12.3 Å². The zero-order chi connectivity index (χ0) is 10.6. The average molecular weight is 198 g/mol. The Morgan fingerprint density at radius 3 is 1.14 bits per heavy atom. The molecule has 78 valence electrons. The summed E-state index contributed by atoms with van der Waals surface area (Å²) in [7, 11) is 6.86. The monoisotopic (exact) mass is 198 g/mol. The number of hydrogen-bond acceptors (Lipinski definition) is 2. The summed E-state index contributed by atoms with van der Waals surface area (Å²) in [5.41, 5.74) is 0. The lowest BCUT2D eigenvalue weighted by Crippen LogP contribution is -2.42. The first-order chi connectivity index (χ1) is 6.46. The van der Waals surface area contributed by atoms with Crippen molar-refractivity contribution in [1.29, 1.82) is 0 Å². The van der Waals surface area contributed by atoms with Gasteiger partial charge in [-0.05, 0) is 0 Å². The second-order valence-corrected chi connectivity index (χ2v) is 3.84.